The van der Waals surface area contributed by atoms with Crippen LogP contribution in [-0.2, 0) is 15.7 Å². The summed E-state index contributed by atoms with van der Waals surface area (Å²) >= 11 is 0. The van der Waals surface area contributed by atoms with Gasteiger partial charge < -0.3 is 0 Å². The fourth-order valence-corrected chi connectivity index (χ4v) is 2.53. The van der Waals surface area contributed by atoms with Crippen LogP contribution < -0.4 is 0 Å². The molecule has 3 nitrogen and oxygen atoms in total. The van der Waals surface area contributed by atoms with Crippen molar-refractivity contribution in [2.24, 2.45) is 0 Å². The van der Waals surface area contributed by atoms with Crippen LogP contribution in [0.4, 0.5) is 0 Å². The van der Waals surface area contributed by atoms with Crippen LogP contribution in [-0.4, -0.2) is 4.89 Å². The van der Waals surface area contributed by atoms with Gasteiger partial charge in [-0.3, -0.25) is 0 Å². The van der Waals surface area contributed by atoms with Gasteiger partial charge >= 0.3 is 8.25 Å². The minimum absolute atomic E-state index is 0.140. The summed E-state index contributed by atoms with van der Waals surface area (Å²) in [5, 5.41) is 4.49. The second-order valence-electron chi connectivity index (χ2n) is 4.35. The number of hydrogen-bond donors (Lipinski definition) is 1. The average molecular weight is 271 g/mol. The summed E-state index contributed by atoms with van der Waals surface area (Å²) in [6, 6.07) is 18.2. The SMILES string of the molecule is O=[P+](O)OCc1cccc2cc3ccccc3cc12. The van der Waals surface area contributed by atoms with Crippen LogP contribution in [0.1, 0.15) is 5.56 Å². The maximum Gasteiger partial charge on any atom is 0.695 e. The fraction of sp³-hybridized carbons (Fsp3) is 0.0667. The van der Waals surface area contributed by atoms with Crippen molar-refractivity contribution in [1.29, 1.82) is 0 Å². The van der Waals surface area contributed by atoms with Crippen LogP contribution in [0.25, 0.3) is 21.5 Å². The monoisotopic (exact) mass is 271 g/mol. The molecule has 1 unspecified atom stereocenters. The second kappa shape index (κ2) is 5.06. The lowest BCUT2D eigenvalue weighted by atomic mass is 10.0. The topological polar surface area (TPSA) is 46.5 Å². The Morgan fingerprint density at radius 3 is 2.37 bits per heavy atom. The molecule has 0 aliphatic carbocycles. The molecule has 0 aliphatic rings. The molecule has 3 aromatic carbocycles. The molecule has 0 saturated heterocycles. The summed E-state index contributed by atoms with van der Waals surface area (Å²) in [6.07, 6.45) is 0. The van der Waals surface area contributed by atoms with E-state index >= 15 is 0 Å². The first-order valence-corrected chi connectivity index (χ1v) is 7.06. The lowest BCUT2D eigenvalue weighted by molar-refractivity contribution is 0.273. The van der Waals surface area contributed by atoms with Gasteiger partial charge in [-0.1, -0.05) is 42.5 Å². The molecule has 94 valence electrons. The molecule has 0 spiro atoms. The lowest BCUT2D eigenvalue weighted by Gasteiger charge is -2.06. The number of rotatable bonds is 3. The van der Waals surface area contributed by atoms with Gasteiger partial charge in [0.2, 0.25) is 0 Å². The molecule has 0 heterocycles. The molecule has 4 heteroatoms. The third-order valence-electron chi connectivity index (χ3n) is 3.17. The predicted octanol–water partition coefficient (Wildman–Crippen LogP) is 4.16. The van der Waals surface area contributed by atoms with Crippen LogP contribution in [0, 0.1) is 0 Å². The Balaban J connectivity index is 2.17. The lowest BCUT2D eigenvalue weighted by Crippen LogP contribution is -1.88. The molecule has 0 saturated carbocycles. The van der Waals surface area contributed by atoms with Crippen LogP contribution in [0.3, 0.4) is 0 Å². The molecule has 0 amide bonds. The summed E-state index contributed by atoms with van der Waals surface area (Å²) in [5.74, 6) is 0. The van der Waals surface area contributed by atoms with Crippen LogP contribution >= 0.6 is 8.25 Å². The third-order valence-corrected chi connectivity index (χ3v) is 3.52. The van der Waals surface area contributed by atoms with Gasteiger partial charge in [0.05, 0.1) is 0 Å². The van der Waals surface area contributed by atoms with E-state index in [1.165, 1.54) is 5.39 Å². The Bertz CT molecular complexity index is 768. The van der Waals surface area contributed by atoms with Crippen molar-refractivity contribution in [3.8, 4) is 0 Å². The summed E-state index contributed by atoms with van der Waals surface area (Å²) in [6.45, 7) is 0.140. The first kappa shape index (κ1) is 12.2. The minimum atomic E-state index is -2.56. The van der Waals surface area contributed by atoms with Crippen molar-refractivity contribution in [2.45, 2.75) is 6.61 Å². The average Bonchev–Trinajstić information content (AvgIpc) is 2.42. The van der Waals surface area contributed by atoms with E-state index in [1.807, 2.05) is 30.3 Å². The maximum atomic E-state index is 10.6. The molecule has 1 N–H and O–H groups in total. The summed E-state index contributed by atoms with van der Waals surface area (Å²) in [7, 11) is -2.56. The highest BCUT2D eigenvalue weighted by atomic mass is 31.1. The Labute approximate surface area is 111 Å². The van der Waals surface area contributed by atoms with E-state index in [1.54, 1.807) is 0 Å². The highest BCUT2D eigenvalue weighted by Gasteiger charge is 2.13. The van der Waals surface area contributed by atoms with Gasteiger partial charge in [0.15, 0.2) is 0 Å². The van der Waals surface area contributed by atoms with Crippen LogP contribution in [0.15, 0.2) is 54.6 Å². The highest BCUT2D eigenvalue weighted by Crippen LogP contribution is 2.27. The Kier molecular flexibility index (Phi) is 3.26. The Morgan fingerprint density at radius 1 is 0.947 bits per heavy atom. The minimum Gasteiger partial charge on any atom is -0.133 e. The summed E-state index contributed by atoms with van der Waals surface area (Å²) in [4.78, 5) is 8.74. The fourth-order valence-electron chi connectivity index (χ4n) is 2.28. The maximum absolute atomic E-state index is 10.6. The first-order chi connectivity index (χ1) is 9.24. The third kappa shape index (κ3) is 2.49. The quantitative estimate of drug-likeness (QED) is 0.574. The molecule has 0 aliphatic heterocycles. The molecule has 0 radical (unpaired) electrons. The van der Waals surface area contributed by atoms with E-state index < -0.39 is 8.25 Å². The number of hydrogen-bond acceptors (Lipinski definition) is 2. The van der Waals surface area contributed by atoms with E-state index in [9.17, 15) is 4.57 Å². The largest absolute Gasteiger partial charge is 0.695 e. The molecule has 19 heavy (non-hydrogen) atoms. The highest BCUT2D eigenvalue weighted by molar-refractivity contribution is 7.32. The van der Waals surface area contributed by atoms with Crippen molar-refractivity contribution in [2.75, 3.05) is 0 Å². The molecule has 1 atom stereocenters. The standard InChI is InChI=1S/C15H11O3P/c16-19(17)18-10-14-7-3-6-13-8-11-4-1-2-5-12(11)9-15(13)14/h1-9H,10H2/p+1. The van der Waals surface area contributed by atoms with Crippen molar-refractivity contribution in [3.63, 3.8) is 0 Å². The van der Waals surface area contributed by atoms with E-state index in [2.05, 4.69) is 24.3 Å². The number of benzene rings is 3. The van der Waals surface area contributed by atoms with Gasteiger partial charge in [0.25, 0.3) is 0 Å². The van der Waals surface area contributed by atoms with Crippen molar-refractivity contribution in [3.05, 3.63) is 60.2 Å². The second-order valence-corrected chi connectivity index (χ2v) is 5.08. The molecular weight excluding hydrogens is 259 g/mol. The van der Waals surface area contributed by atoms with Crippen molar-refractivity contribution >= 4 is 29.8 Å². The van der Waals surface area contributed by atoms with Gasteiger partial charge in [-0.05, 0) is 39.2 Å². The molecule has 0 aromatic heterocycles. The summed E-state index contributed by atoms with van der Waals surface area (Å²) in [5.41, 5.74) is 0.917. The molecule has 0 fully saturated rings. The van der Waals surface area contributed by atoms with Crippen molar-refractivity contribution in [1.82, 2.24) is 0 Å². The Morgan fingerprint density at radius 2 is 1.63 bits per heavy atom. The van der Waals surface area contributed by atoms with Crippen molar-refractivity contribution < 1.29 is 14.0 Å². The van der Waals surface area contributed by atoms with E-state index in [-0.39, 0.29) is 6.61 Å². The first-order valence-electron chi connectivity index (χ1n) is 5.93. The summed E-state index contributed by atoms with van der Waals surface area (Å²) < 4.78 is 15.5. The molecule has 3 rings (SSSR count). The van der Waals surface area contributed by atoms with E-state index in [0.29, 0.717) is 0 Å². The zero-order valence-electron chi connectivity index (χ0n) is 10.1. The molecular formula is C15H12O3P+. The van der Waals surface area contributed by atoms with Gasteiger partial charge in [-0.2, -0.15) is 0 Å². The van der Waals surface area contributed by atoms with E-state index in [4.69, 9.17) is 9.42 Å². The molecule has 0 bridgehead atoms. The number of fused-ring (bicyclic) bond motifs is 2. The predicted molar refractivity (Wildman–Crippen MR) is 76.1 cm³/mol. The van der Waals surface area contributed by atoms with Gasteiger partial charge in [0.1, 0.15) is 6.61 Å². The van der Waals surface area contributed by atoms with E-state index in [0.717, 1.165) is 21.7 Å². The van der Waals surface area contributed by atoms with Crippen LogP contribution in [0.5, 0.6) is 0 Å². The smallest absolute Gasteiger partial charge is 0.133 e. The van der Waals surface area contributed by atoms with Gasteiger partial charge in [0, 0.05) is 4.57 Å². The van der Waals surface area contributed by atoms with Gasteiger partial charge in [-0.15, -0.1) is 9.42 Å². The van der Waals surface area contributed by atoms with Crippen LogP contribution in [0.2, 0.25) is 0 Å². The zero-order chi connectivity index (χ0) is 13.2. The zero-order valence-corrected chi connectivity index (χ0v) is 11.0. The normalized spacial score (nSPS) is 11.9. The van der Waals surface area contributed by atoms with Gasteiger partial charge in [-0.25, -0.2) is 0 Å². The Hall–Kier alpha value is -1.80. The molecule has 3 aromatic rings.